The Morgan fingerprint density at radius 2 is 2.00 bits per heavy atom. The fraction of sp³-hybridized carbons (Fsp3) is 0.462. The van der Waals surface area contributed by atoms with Crippen LogP contribution in [0, 0.1) is 0 Å². The molecule has 0 heterocycles. The molecule has 0 atom stereocenters. The number of hydrogen-bond donors (Lipinski definition) is 1. The Bertz CT molecular complexity index is 316. The molecule has 16 heavy (non-hydrogen) atoms. The summed E-state index contributed by atoms with van der Waals surface area (Å²) < 4.78 is 5.47. The molecule has 0 saturated heterocycles. The standard InChI is InChI=1S/C13H18O3/c1-11(15)3-2-10-16-13-6-4-12(5-7-13)8-9-14/h4-7,14H,2-3,8-10H2,1H3. The zero-order valence-corrected chi connectivity index (χ0v) is 9.61. The van der Waals surface area contributed by atoms with Gasteiger partial charge in [0.1, 0.15) is 11.5 Å². The number of Topliss-reactive ketones (excluding diaryl/α,β-unsaturated/α-hetero) is 1. The number of rotatable bonds is 7. The summed E-state index contributed by atoms with van der Waals surface area (Å²) in [6.07, 6.45) is 2.00. The second kappa shape index (κ2) is 7.01. The average molecular weight is 222 g/mol. The Morgan fingerprint density at radius 3 is 2.56 bits per heavy atom. The van der Waals surface area contributed by atoms with Gasteiger partial charge < -0.3 is 14.6 Å². The third kappa shape index (κ3) is 4.94. The lowest BCUT2D eigenvalue weighted by molar-refractivity contribution is -0.117. The van der Waals surface area contributed by atoms with Gasteiger partial charge in [-0.2, -0.15) is 0 Å². The molecule has 1 aromatic carbocycles. The Kier molecular flexibility index (Phi) is 5.57. The molecule has 0 amide bonds. The maximum Gasteiger partial charge on any atom is 0.129 e. The SMILES string of the molecule is CC(=O)CCCOc1ccc(CCO)cc1. The maximum atomic E-state index is 10.7. The summed E-state index contributed by atoms with van der Waals surface area (Å²) in [5.74, 6) is 1.01. The van der Waals surface area contributed by atoms with Crippen molar-refractivity contribution in [3.63, 3.8) is 0 Å². The molecule has 3 heteroatoms. The minimum absolute atomic E-state index is 0.165. The van der Waals surface area contributed by atoms with Gasteiger partial charge in [0, 0.05) is 13.0 Å². The zero-order valence-electron chi connectivity index (χ0n) is 9.61. The number of hydrogen-bond acceptors (Lipinski definition) is 3. The summed E-state index contributed by atoms with van der Waals surface area (Å²) in [5, 5.41) is 8.75. The van der Waals surface area contributed by atoms with Gasteiger partial charge in [0.2, 0.25) is 0 Å². The molecule has 0 bridgehead atoms. The highest BCUT2D eigenvalue weighted by molar-refractivity contribution is 5.75. The van der Waals surface area contributed by atoms with Gasteiger partial charge in [0.05, 0.1) is 6.61 Å². The van der Waals surface area contributed by atoms with Gasteiger partial charge in [0.15, 0.2) is 0 Å². The smallest absolute Gasteiger partial charge is 0.129 e. The quantitative estimate of drug-likeness (QED) is 0.717. The van der Waals surface area contributed by atoms with E-state index in [1.54, 1.807) is 6.92 Å². The predicted molar refractivity (Wildman–Crippen MR) is 62.6 cm³/mol. The number of ketones is 1. The summed E-state index contributed by atoms with van der Waals surface area (Å²) in [6.45, 7) is 2.32. The Hall–Kier alpha value is -1.35. The molecule has 0 aromatic heterocycles. The number of benzene rings is 1. The van der Waals surface area contributed by atoms with Crippen LogP contribution in [0.25, 0.3) is 0 Å². The van der Waals surface area contributed by atoms with Crippen LogP contribution < -0.4 is 4.74 Å². The molecule has 0 aliphatic carbocycles. The van der Waals surface area contributed by atoms with Crippen LogP contribution in [0.3, 0.4) is 0 Å². The fourth-order valence-corrected chi connectivity index (χ4v) is 1.39. The van der Waals surface area contributed by atoms with Crippen molar-refractivity contribution < 1.29 is 14.6 Å². The van der Waals surface area contributed by atoms with Crippen molar-refractivity contribution >= 4 is 5.78 Å². The van der Waals surface area contributed by atoms with Crippen molar-refractivity contribution in [2.24, 2.45) is 0 Å². The largest absolute Gasteiger partial charge is 0.494 e. The van der Waals surface area contributed by atoms with Gasteiger partial charge in [-0.25, -0.2) is 0 Å². The topological polar surface area (TPSA) is 46.5 Å². The van der Waals surface area contributed by atoms with Crippen LogP contribution in [-0.4, -0.2) is 24.1 Å². The van der Waals surface area contributed by atoms with E-state index in [2.05, 4.69) is 0 Å². The molecule has 0 aliphatic rings. The normalized spacial score (nSPS) is 10.1. The molecule has 3 nitrogen and oxygen atoms in total. The third-order valence-corrected chi connectivity index (χ3v) is 2.27. The molecule has 0 fully saturated rings. The van der Waals surface area contributed by atoms with Crippen molar-refractivity contribution in [2.75, 3.05) is 13.2 Å². The molecule has 1 N–H and O–H groups in total. The van der Waals surface area contributed by atoms with Crippen molar-refractivity contribution in [3.05, 3.63) is 29.8 Å². The monoisotopic (exact) mass is 222 g/mol. The van der Waals surface area contributed by atoms with Crippen LogP contribution in [0.15, 0.2) is 24.3 Å². The molecule has 0 unspecified atom stereocenters. The second-order valence-electron chi connectivity index (χ2n) is 3.77. The molecule has 0 radical (unpaired) electrons. The highest BCUT2D eigenvalue weighted by Gasteiger charge is 1.97. The first-order valence-electron chi connectivity index (χ1n) is 5.54. The van der Waals surface area contributed by atoms with E-state index in [9.17, 15) is 4.79 Å². The summed E-state index contributed by atoms with van der Waals surface area (Å²) in [5.41, 5.74) is 1.10. The number of ether oxygens (including phenoxy) is 1. The summed E-state index contributed by atoms with van der Waals surface area (Å²) in [6, 6.07) is 7.66. The average Bonchev–Trinajstić information content (AvgIpc) is 2.27. The van der Waals surface area contributed by atoms with E-state index in [0.717, 1.165) is 17.7 Å². The summed E-state index contributed by atoms with van der Waals surface area (Å²) >= 11 is 0. The molecule has 88 valence electrons. The van der Waals surface area contributed by atoms with Gasteiger partial charge in [-0.3, -0.25) is 0 Å². The van der Waals surface area contributed by atoms with Gasteiger partial charge in [0.25, 0.3) is 0 Å². The summed E-state index contributed by atoms with van der Waals surface area (Å²) in [4.78, 5) is 10.7. The van der Waals surface area contributed by atoms with Crippen molar-refractivity contribution in [1.82, 2.24) is 0 Å². The fourth-order valence-electron chi connectivity index (χ4n) is 1.39. The number of carbonyl (C=O) groups excluding carboxylic acids is 1. The van der Waals surface area contributed by atoms with Gasteiger partial charge in [-0.05, 0) is 37.5 Å². The lowest BCUT2D eigenvalue weighted by Gasteiger charge is -2.06. The van der Waals surface area contributed by atoms with Crippen LogP contribution >= 0.6 is 0 Å². The first-order chi connectivity index (χ1) is 7.72. The van der Waals surface area contributed by atoms with Crippen LogP contribution in [0.2, 0.25) is 0 Å². The van der Waals surface area contributed by atoms with Crippen molar-refractivity contribution in [1.29, 1.82) is 0 Å². The molecule has 1 aromatic rings. The second-order valence-corrected chi connectivity index (χ2v) is 3.77. The zero-order chi connectivity index (χ0) is 11.8. The van der Waals surface area contributed by atoms with E-state index in [4.69, 9.17) is 9.84 Å². The Labute approximate surface area is 96.1 Å². The lowest BCUT2D eigenvalue weighted by atomic mass is 10.1. The van der Waals surface area contributed by atoms with E-state index in [1.807, 2.05) is 24.3 Å². The first kappa shape index (κ1) is 12.7. The number of carbonyl (C=O) groups is 1. The first-order valence-corrected chi connectivity index (χ1v) is 5.54. The van der Waals surface area contributed by atoms with E-state index in [-0.39, 0.29) is 12.4 Å². The Morgan fingerprint density at radius 1 is 1.31 bits per heavy atom. The summed E-state index contributed by atoms with van der Waals surface area (Å²) in [7, 11) is 0. The molecular weight excluding hydrogens is 204 g/mol. The Balaban J connectivity index is 2.29. The molecule has 1 rings (SSSR count). The van der Waals surface area contributed by atoms with E-state index < -0.39 is 0 Å². The molecule has 0 spiro atoms. The van der Waals surface area contributed by atoms with Crippen LogP contribution in [0.5, 0.6) is 5.75 Å². The number of aliphatic hydroxyl groups is 1. The highest BCUT2D eigenvalue weighted by atomic mass is 16.5. The van der Waals surface area contributed by atoms with Gasteiger partial charge >= 0.3 is 0 Å². The molecule has 0 aliphatic heterocycles. The van der Waals surface area contributed by atoms with Crippen molar-refractivity contribution in [3.8, 4) is 5.75 Å². The maximum absolute atomic E-state index is 10.7. The van der Waals surface area contributed by atoms with E-state index in [0.29, 0.717) is 19.4 Å². The van der Waals surface area contributed by atoms with Crippen LogP contribution in [0.1, 0.15) is 25.3 Å². The highest BCUT2D eigenvalue weighted by Crippen LogP contribution is 2.12. The predicted octanol–water partition coefficient (Wildman–Crippen LogP) is 1.97. The van der Waals surface area contributed by atoms with Gasteiger partial charge in [-0.15, -0.1) is 0 Å². The van der Waals surface area contributed by atoms with Gasteiger partial charge in [-0.1, -0.05) is 12.1 Å². The van der Waals surface area contributed by atoms with Crippen LogP contribution in [0.4, 0.5) is 0 Å². The lowest BCUT2D eigenvalue weighted by Crippen LogP contribution is -2.00. The minimum Gasteiger partial charge on any atom is -0.494 e. The molecule has 0 saturated carbocycles. The van der Waals surface area contributed by atoms with Crippen LogP contribution in [-0.2, 0) is 11.2 Å². The van der Waals surface area contributed by atoms with E-state index in [1.165, 1.54) is 0 Å². The van der Waals surface area contributed by atoms with E-state index >= 15 is 0 Å². The minimum atomic E-state index is 0.165. The number of aliphatic hydroxyl groups excluding tert-OH is 1. The van der Waals surface area contributed by atoms with Crippen molar-refractivity contribution in [2.45, 2.75) is 26.2 Å². The molecular formula is C13H18O3. The third-order valence-electron chi connectivity index (χ3n) is 2.27.